The van der Waals surface area contributed by atoms with Crippen molar-refractivity contribution in [2.75, 3.05) is 16.6 Å². The Bertz CT molecular complexity index is 984. The molecular formula is C20H21N3O3S. The molecule has 7 heteroatoms. The number of rotatable bonds is 7. The average molecular weight is 383 g/mol. The van der Waals surface area contributed by atoms with Crippen molar-refractivity contribution < 1.29 is 13.2 Å². The van der Waals surface area contributed by atoms with E-state index in [1.165, 1.54) is 6.20 Å². The van der Waals surface area contributed by atoms with Crippen molar-refractivity contribution in [1.29, 1.82) is 0 Å². The van der Waals surface area contributed by atoms with Gasteiger partial charge in [0.25, 0.3) is 10.0 Å². The Hall–Kier alpha value is -3.06. The number of benzene rings is 2. The van der Waals surface area contributed by atoms with Gasteiger partial charge in [0.2, 0.25) is 0 Å². The van der Waals surface area contributed by atoms with E-state index in [2.05, 4.69) is 15.0 Å². The van der Waals surface area contributed by atoms with Crippen molar-refractivity contribution in [1.82, 2.24) is 4.98 Å². The van der Waals surface area contributed by atoms with Gasteiger partial charge in [-0.25, -0.2) is 13.4 Å². The second-order valence-electron chi connectivity index (χ2n) is 5.93. The van der Waals surface area contributed by atoms with Crippen LogP contribution >= 0.6 is 0 Å². The number of hydrogen-bond donors (Lipinski definition) is 2. The highest BCUT2D eigenvalue weighted by atomic mass is 32.2. The summed E-state index contributed by atoms with van der Waals surface area (Å²) in [5.41, 5.74) is 2.26. The molecule has 0 bridgehead atoms. The first-order valence-electron chi connectivity index (χ1n) is 8.52. The number of aryl methyl sites for hydroxylation is 1. The van der Waals surface area contributed by atoms with Gasteiger partial charge >= 0.3 is 0 Å². The van der Waals surface area contributed by atoms with Crippen molar-refractivity contribution in [3.05, 3.63) is 72.4 Å². The lowest BCUT2D eigenvalue weighted by molar-refractivity contribution is 0.340. The van der Waals surface area contributed by atoms with Crippen LogP contribution in [0.1, 0.15) is 12.5 Å². The van der Waals surface area contributed by atoms with Gasteiger partial charge in [-0.15, -0.1) is 0 Å². The number of nitrogens with one attached hydrogen (secondary N) is 2. The van der Waals surface area contributed by atoms with Gasteiger partial charge in [-0.05, 0) is 62.4 Å². The van der Waals surface area contributed by atoms with E-state index in [-0.39, 0.29) is 4.90 Å². The number of aromatic nitrogens is 1. The predicted molar refractivity (Wildman–Crippen MR) is 107 cm³/mol. The summed E-state index contributed by atoms with van der Waals surface area (Å²) in [4.78, 5) is 4.47. The molecular weight excluding hydrogens is 362 g/mol. The molecule has 1 heterocycles. The van der Waals surface area contributed by atoms with E-state index in [9.17, 15) is 8.42 Å². The number of pyridine rings is 1. The van der Waals surface area contributed by atoms with Crippen molar-refractivity contribution in [3.8, 4) is 5.75 Å². The van der Waals surface area contributed by atoms with Gasteiger partial charge in [-0.3, -0.25) is 4.72 Å². The number of nitrogens with zero attached hydrogens (tertiary/aromatic N) is 1. The van der Waals surface area contributed by atoms with E-state index < -0.39 is 10.0 Å². The molecule has 140 valence electrons. The molecule has 6 nitrogen and oxygen atoms in total. The molecule has 0 unspecified atom stereocenters. The first-order chi connectivity index (χ1) is 13.0. The summed E-state index contributed by atoms with van der Waals surface area (Å²) < 4.78 is 32.8. The molecule has 0 aliphatic heterocycles. The molecule has 3 aromatic rings. The maximum absolute atomic E-state index is 12.4. The number of sulfonamides is 1. The monoisotopic (exact) mass is 383 g/mol. The van der Waals surface area contributed by atoms with Gasteiger partial charge in [-0.2, -0.15) is 0 Å². The Labute approximate surface area is 159 Å². The third-order valence-corrected chi connectivity index (χ3v) is 5.18. The Morgan fingerprint density at radius 1 is 0.926 bits per heavy atom. The van der Waals surface area contributed by atoms with Crippen LogP contribution in [-0.2, 0) is 10.0 Å². The first-order valence-corrected chi connectivity index (χ1v) is 10.00. The molecule has 0 aliphatic carbocycles. The molecule has 0 radical (unpaired) electrons. The van der Waals surface area contributed by atoms with Crippen molar-refractivity contribution in [2.45, 2.75) is 18.7 Å². The molecule has 0 aliphatic rings. The summed E-state index contributed by atoms with van der Waals surface area (Å²) in [7, 11) is -3.64. The smallest absolute Gasteiger partial charge is 0.261 e. The zero-order valence-corrected chi connectivity index (χ0v) is 16.0. The van der Waals surface area contributed by atoms with Crippen LogP contribution in [0.3, 0.4) is 0 Å². The molecule has 2 N–H and O–H groups in total. The van der Waals surface area contributed by atoms with Crippen LogP contribution in [0, 0.1) is 6.92 Å². The van der Waals surface area contributed by atoms with Crippen LogP contribution in [0.25, 0.3) is 0 Å². The molecule has 0 saturated heterocycles. The lowest BCUT2D eigenvalue weighted by Gasteiger charge is -2.10. The molecule has 0 saturated carbocycles. The molecule has 2 aromatic carbocycles. The van der Waals surface area contributed by atoms with E-state index in [4.69, 9.17) is 4.74 Å². The van der Waals surface area contributed by atoms with Crippen molar-refractivity contribution >= 4 is 27.2 Å². The topological polar surface area (TPSA) is 80.3 Å². The SMILES string of the molecule is CCOc1ccc(Nc2ccc(NS(=O)(=O)c3ccc(C)cc3)cn2)cc1. The van der Waals surface area contributed by atoms with E-state index in [1.54, 1.807) is 36.4 Å². The second-order valence-corrected chi connectivity index (χ2v) is 7.62. The minimum absolute atomic E-state index is 0.213. The van der Waals surface area contributed by atoms with Crippen molar-refractivity contribution in [2.24, 2.45) is 0 Å². The molecule has 1 aromatic heterocycles. The van der Waals surface area contributed by atoms with Gasteiger partial charge in [0.05, 0.1) is 23.4 Å². The maximum atomic E-state index is 12.4. The van der Waals surface area contributed by atoms with Gasteiger partial charge in [0.15, 0.2) is 0 Å². The van der Waals surface area contributed by atoms with E-state index in [1.807, 2.05) is 38.1 Å². The predicted octanol–water partition coefficient (Wildman–Crippen LogP) is 4.33. The third-order valence-electron chi connectivity index (χ3n) is 3.78. The average Bonchev–Trinajstić information content (AvgIpc) is 2.65. The molecule has 0 fully saturated rings. The number of anilines is 3. The van der Waals surface area contributed by atoms with E-state index in [0.717, 1.165) is 17.0 Å². The Morgan fingerprint density at radius 3 is 2.19 bits per heavy atom. The van der Waals surface area contributed by atoms with Gasteiger partial charge in [0.1, 0.15) is 11.6 Å². The fourth-order valence-electron chi connectivity index (χ4n) is 2.41. The highest BCUT2D eigenvalue weighted by Crippen LogP contribution is 2.21. The standard InChI is InChI=1S/C20H21N3O3S/c1-3-26-18-9-6-16(7-10-18)22-20-13-8-17(14-21-20)23-27(24,25)19-11-4-15(2)5-12-19/h4-14,23H,3H2,1-2H3,(H,21,22). The van der Waals surface area contributed by atoms with Crippen LogP contribution in [0.5, 0.6) is 5.75 Å². The molecule has 27 heavy (non-hydrogen) atoms. The quantitative estimate of drug-likeness (QED) is 0.635. The summed E-state index contributed by atoms with van der Waals surface area (Å²) >= 11 is 0. The normalized spacial score (nSPS) is 11.0. The van der Waals surface area contributed by atoms with E-state index >= 15 is 0 Å². The summed E-state index contributed by atoms with van der Waals surface area (Å²) in [6, 6.07) is 17.6. The lowest BCUT2D eigenvalue weighted by Crippen LogP contribution is -2.13. The zero-order chi connectivity index (χ0) is 19.3. The fraction of sp³-hybridized carbons (Fsp3) is 0.150. The molecule has 0 spiro atoms. The van der Waals surface area contributed by atoms with Gasteiger partial charge in [-0.1, -0.05) is 17.7 Å². The van der Waals surface area contributed by atoms with Crippen molar-refractivity contribution in [3.63, 3.8) is 0 Å². The Kier molecular flexibility index (Phi) is 5.61. The minimum atomic E-state index is -3.64. The summed E-state index contributed by atoms with van der Waals surface area (Å²) in [6.07, 6.45) is 1.47. The molecule has 0 atom stereocenters. The van der Waals surface area contributed by atoms with Crippen LogP contribution in [-0.4, -0.2) is 20.0 Å². The molecule has 3 rings (SSSR count). The Morgan fingerprint density at radius 2 is 1.59 bits per heavy atom. The highest BCUT2D eigenvalue weighted by molar-refractivity contribution is 7.92. The second kappa shape index (κ2) is 8.09. The van der Waals surface area contributed by atoms with Crippen LogP contribution < -0.4 is 14.8 Å². The number of ether oxygens (including phenoxy) is 1. The highest BCUT2D eigenvalue weighted by Gasteiger charge is 2.13. The third kappa shape index (κ3) is 4.98. The Balaban J connectivity index is 1.67. The largest absolute Gasteiger partial charge is 0.494 e. The fourth-order valence-corrected chi connectivity index (χ4v) is 3.45. The minimum Gasteiger partial charge on any atom is -0.494 e. The first kappa shape index (κ1) is 18.7. The summed E-state index contributed by atoms with van der Waals surface area (Å²) in [5, 5.41) is 3.16. The van der Waals surface area contributed by atoms with Crippen LogP contribution in [0.4, 0.5) is 17.2 Å². The number of hydrogen-bond acceptors (Lipinski definition) is 5. The van der Waals surface area contributed by atoms with E-state index in [0.29, 0.717) is 18.1 Å². The van der Waals surface area contributed by atoms with Crippen LogP contribution in [0.2, 0.25) is 0 Å². The molecule has 0 amide bonds. The van der Waals surface area contributed by atoms with Crippen LogP contribution in [0.15, 0.2) is 71.8 Å². The van der Waals surface area contributed by atoms with Gasteiger partial charge in [0, 0.05) is 5.69 Å². The summed E-state index contributed by atoms with van der Waals surface area (Å²) in [6.45, 7) is 4.46. The zero-order valence-electron chi connectivity index (χ0n) is 15.1. The maximum Gasteiger partial charge on any atom is 0.261 e. The van der Waals surface area contributed by atoms with Gasteiger partial charge < -0.3 is 10.1 Å². The lowest BCUT2D eigenvalue weighted by atomic mass is 10.2. The summed E-state index contributed by atoms with van der Waals surface area (Å²) in [5.74, 6) is 1.41.